The second-order valence-electron chi connectivity index (χ2n) is 5.30. The standard InChI is InChI=1S/C14H21FN2/c1-10-5-13(10)9-17(2)8-11-3-4-14(15)12(6-11)7-16/h3-4,6,10,13H,5,7-9,16H2,1-2H3. The molecule has 0 aliphatic heterocycles. The minimum atomic E-state index is -0.199. The molecule has 0 spiro atoms. The monoisotopic (exact) mass is 236 g/mol. The van der Waals surface area contributed by atoms with Gasteiger partial charge in [0.1, 0.15) is 5.82 Å². The summed E-state index contributed by atoms with van der Waals surface area (Å²) in [6.07, 6.45) is 1.35. The molecular formula is C14H21FN2. The second-order valence-corrected chi connectivity index (χ2v) is 5.30. The van der Waals surface area contributed by atoms with Crippen molar-refractivity contribution in [2.75, 3.05) is 13.6 Å². The van der Waals surface area contributed by atoms with Gasteiger partial charge in [-0.25, -0.2) is 4.39 Å². The molecular weight excluding hydrogens is 215 g/mol. The Balaban J connectivity index is 1.93. The molecule has 0 aromatic heterocycles. The maximum atomic E-state index is 13.3. The molecule has 2 atom stereocenters. The minimum Gasteiger partial charge on any atom is -0.326 e. The van der Waals surface area contributed by atoms with Crippen molar-refractivity contribution < 1.29 is 4.39 Å². The molecule has 2 nitrogen and oxygen atoms in total. The van der Waals surface area contributed by atoms with Crippen LogP contribution < -0.4 is 5.73 Å². The fourth-order valence-corrected chi connectivity index (χ4v) is 2.31. The summed E-state index contributed by atoms with van der Waals surface area (Å²) in [5.74, 6) is 1.54. The molecule has 2 N–H and O–H groups in total. The number of nitrogens with zero attached hydrogens (tertiary/aromatic N) is 1. The van der Waals surface area contributed by atoms with Crippen LogP contribution in [0.3, 0.4) is 0 Å². The lowest BCUT2D eigenvalue weighted by molar-refractivity contribution is 0.307. The third-order valence-electron chi connectivity index (χ3n) is 3.60. The Morgan fingerprint density at radius 2 is 2.18 bits per heavy atom. The zero-order chi connectivity index (χ0) is 12.4. The van der Waals surface area contributed by atoms with Gasteiger partial charge in [0.2, 0.25) is 0 Å². The predicted octanol–water partition coefficient (Wildman–Crippen LogP) is 2.37. The Kier molecular flexibility index (Phi) is 3.79. The highest BCUT2D eigenvalue weighted by atomic mass is 19.1. The van der Waals surface area contributed by atoms with Gasteiger partial charge in [0, 0.05) is 25.2 Å². The average molecular weight is 236 g/mol. The van der Waals surface area contributed by atoms with E-state index in [-0.39, 0.29) is 12.4 Å². The molecule has 0 amide bonds. The molecule has 1 saturated carbocycles. The first-order valence-corrected chi connectivity index (χ1v) is 6.26. The minimum absolute atomic E-state index is 0.199. The largest absolute Gasteiger partial charge is 0.326 e. The number of hydrogen-bond donors (Lipinski definition) is 1. The first-order valence-electron chi connectivity index (χ1n) is 6.26. The van der Waals surface area contributed by atoms with E-state index in [2.05, 4.69) is 18.9 Å². The average Bonchev–Trinajstić information content (AvgIpc) is 2.97. The summed E-state index contributed by atoms with van der Waals surface area (Å²) in [7, 11) is 2.12. The summed E-state index contributed by atoms with van der Waals surface area (Å²) < 4.78 is 13.3. The lowest BCUT2D eigenvalue weighted by atomic mass is 10.1. The van der Waals surface area contributed by atoms with Crippen LogP contribution in [0.1, 0.15) is 24.5 Å². The van der Waals surface area contributed by atoms with Crippen LogP contribution in [0.15, 0.2) is 18.2 Å². The fourth-order valence-electron chi connectivity index (χ4n) is 2.31. The molecule has 1 aliphatic carbocycles. The fraction of sp³-hybridized carbons (Fsp3) is 0.571. The third-order valence-corrected chi connectivity index (χ3v) is 3.60. The van der Waals surface area contributed by atoms with Gasteiger partial charge >= 0.3 is 0 Å². The van der Waals surface area contributed by atoms with E-state index in [0.717, 1.165) is 30.5 Å². The molecule has 2 unspecified atom stereocenters. The highest BCUT2D eigenvalue weighted by molar-refractivity contribution is 5.25. The molecule has 1 aliphatic rings. The lowest BCUT2D eigenvalue weighted by Crippen LogP contribution is -2.21. The van der Waals surface area contributed by atoms with Crippen LogP contribution in [0.5, 0.6) is 0 Å². The summed E-state index contributed by atoms with van der Waals surface area (Å²) in [4.78, 5) is 2.31. The zero-order valence-corrected chi connectivity index (χ0v) is 10.6. The SMILES string of the molecule is CC1CC1CN(C)Cc1ccc(F)c(CN)c1. The van der Waals surface area contributed by atoms with E-state index in [9.17, 15) is 4.39 Å². The van der Waals surface area contributed by atoms with Gasteiger partial charge in [-0.2, -0.15) is 0 Å². The molecule has 0 radical (unpaired) electrons. The Morgan fingerprint density at radius 1 is 1.47 bits per heavy atom. The Labute approximate surface area is 103 Å². The van der Waals surface area contributed by atoms with E-state index in [1.807, 2.05) is 12.1 Å². The Bertz CT molecular complexity index is 392. The highest BCUT2D eigenvalue weighted by Crippen LogP contribution is 2.38. The molecule has 17 heavy (non-hydrogen) atoms. The van der Waals surface area contributed by atoms with Crippen molar-refractivity contribution in [1.29, 1.82) is 0 Å². The normalized spacial score (nSPS) is 23.1. The highest BCUT2D eigenvalue weighted by Gasteiger charge is 2.32. The summed E-state index contributed by atoms with van der Waals surface area (Å²) >= 11 is 0. The quantitative estimate of drug-likeness (QED) is 0.850. The van der Waals surface area contributed by atoms with Gasteiger partial charge in [0.05, 0.1) is 0 Å². The van der Waals surface area contributed by atoms with E-state index in [1.54, 1.807) is 0 Å². The van der Waals surface area contributed by atoms with Gasteiger partial charge in [-0.15, -0.1) is 0 Å². The summed E-state index contributed by atoms with van der Waals surface area (Å²) in [5, 5.41) is 0. The number of halogens is 1. The molecule has 0 heterocycles. The van der Waals surface area contributed by atoms with E-state index in [1.165, 1.54) is 12.5 Å². The van der Waals surface area contributed by atoms with Gasteiger partial charge in [-0.05, 0) is 36.9 Å². The maximum Gasteiger partial charge on any atom is 0.127 e. The molecule has 0 bridgehead atoms. The van der Waals surface area contributed by atoms with Crippen molar-refractivity contribution in [3.05, 3.63) is 35.1 Å². The first-order chi connectivity index (χ1) is 8.10. The van der Waals surface area contributed by atoms with Gasteiger partial charge in [0.25, 0.3) is 0 Å². The Morgan fingerprint density at radius 3 is 2.76 bits per heavy atom. The third kappa shape index (κ3) is 3.27. The number of rotatable bonds is 5. The first kappa shape index (κ1) is 12.5. The van der Waals surface area contributed by atoms with Crippen LogP contribution in [-0.2, 0) is 13.1 Å². The number of benzene rings is 1. The van der Waals surface area contributed by atoms with Crippen LogP contribution in [0, 0.1) is 17.7 Å². The van der Waals surface area contributed by atoms with Crippen molar-refractivity contribution in [1.82, 2.24) is 4.90 Å². The van der Waals surface area contributed by atoms with Gasteiger partial charge in [-0.1, -0.05) is 19.1 Å². The summed E-state index contributed by atoms with van der Waals surface area (Å²) in [6, 6.07) is 5.24. The van der Waals surface area contributed by atoms with Crippen molar-refractivity contribution in [3.8, 4) is 0 Å². The molecule has 3 heteroatoms. The summed E-state index contributed by atoms with van der Waals surface area (Å²) in [6.45, 7) is 4.57. The van der Waals surface area contributed by atoms with Gasteiger partial charge < -0.3 is 10.6 Å². The molecule has 1 aromatic carbocycles. The van der Waals surface area contributed by atoms with E-state index in [0.29, 0.717) is 5.56 Å². The van der Waals surface area contributed by atoms with Crippen LogP contribution in [0.2, 0.25) is 0 Å². The molecule has 1 aromatic rings. The lowest BCUT2D eigenvalue weighted by Gasteiger charge is -2.17. The van der Waals surface area contributed by atoms with E-state index in [4.69, 9.17) is 5.73 Å². The second kappa shape index (κ2) is 5.15. The van der Waals surface area contributed by atoms with E-state index >= 15 is 0 Å². The maximum absolute atomic E-state index is 13.3. The zero-order valence-electron chi connectivity index (χ0n) is 10.6. The van der Waals surface area contributed by atoms with Gasteiger partial charge in [0.15, 0.2) is 0 Å². The molecule has 94 valence electrons. The molecule has 1 fully saturated rings. The molecule has 2 rings (SSSR count). The van der Waals surface area contributed by atoms with Crippen LogP contribution in [0.4, 0.5) is 4.39 Å². The van der Waals surface area contributed by atoms with Gasteiger partial charge in [-0.3, -0.25) is 0 Å². The van der Waals surface area contributed by atoms with Crippen LogP contribution in [-0.4, -0.2) is 18.5 Å². The van der Waals surface area contributed by atoms with Crippen LogP contribution in [0.25, 0.3) is 0 Å². The van der Waals surface area contributed by atoms with Crippen molar-refractivity contribution in [2.45, 2.75) is 26.4 Å². The smallest absolute Gasteiger partial charge is 0.127 e. The van der Waals surface area contributed by atoms with Crippen molar-refractivity contribution >= 4 is 0 Å². The van der Waals surface area contributed by atoms with Crippen LogP contribution >= 0.6 is 0 Å². The molecule has 0 saturated heterocycles. The number of nitrogens with two attached hydrogens (primary N) is 1. The van der Waals surface area contributed by atoms with Crippen molar-refractivity contribution in [2.24, 2.45) is 17.6 Å². The number of hydrogen-bond acceptors (Lipinski definition) is 2. The predicted molar refractivity (Wildman–Crippen MR) is 67.9 cm³/mol. The summed E-state index contributed by atoms with van der Waals surface area (Å²) in [5.41, 5.74) is 7.25. The Hall–Kier alpha value is -0.930. The topological polar surface area (TPSA) is 29.3 Å². The van der Waals surface area contributed by atoms with Crippen molar-refractivity contribution in [3.63, 3.8) is 0 Å². The van der Waals surface area contributed by atoms with E-state index < -0.39 is 0 Å².